The number of nitrogens with zero attached hydrogens (tertiary/aromatic N) is 3. The van der Waals surface area contributed by atoms with Crippen molar-refractivity contribution in [3.63, 3.8) is 0 Å². The SMILES string of the molecule is Cc1cc(/C(N)=N/O)cc(N(C)Cc2cccc(F)c2)n1. The molecule has 3 N–H and O–H groups in total. The van der Waals surface area contributed by atoms with Crippen LogP contribution < -0.4 is 10.6 Å². The number of hydrogen-bond acceptors (Lipinski definition) is 4. The maximum absolute atomic E-state index is 13.2. The Bertz CT molecular complexity index is 672. The minimum absolute atomic E-state index is 0.0286. The molecule has 1 aromatic heterocycles. The van der Waals surface area contributed by atoms with Gasteiger partial charge in [-0.25, -0.2) is 9.37 Å². The Balaban J connectivity index is 2.26. The molecule has 0 radical (unpaired) electrons. The van der Waals surface area contributed by atoms with Crippen molar-refractivity contribution >= 4 is 11.7 Å². The second kappa shape index (κ2) is 6.21. The van der Waals surface area contributed by atoms with Gasteiger partial charge in [0.25, 0.3) is 0 Å². The fourth-order valence-corrected chi connectivity index (χ4v) is 2.04. The van der Waals surface area contributed by atoms with Crippen molar-refractivity contribution in [1.29, 1.82) is 0 Å². The summed E-state index contributed by atoms with van der Waals surface area (Å²) in [5.74, 6) is 0.428. The minimum atomic E-state index is -0.268. The number of anilines is 1. The zero-order chi connectivity index (χ0) is 15.4. The normalized spacial score (nSPS) is 11.5. The van der Waals surface area contributed by atoms with Crippen LogP contribution in [0, 0.1) is 12.7 Å². The molecule has 0 spiro atoms. The summed E-state index contributed by atoms with van der Waals surface area (Å²) in [6.07, 6.45) is 0. The molecule has 5 nitrogen and oxygen atoms in total. The molecule has 0 saturated heterocycles. The average molecular weight is 288 g/mol. The quantitative estimate of drug-likeness (QED) is 0.392. The van der Waals surface area contributed by atoms with Crippen LogP contribution in [0.5, 0.6) is 0 Å². The van der Waals surface area contributed by atoms with Gasteiger partial charge in [0.05, 0.1) is 0 Å². The lowest BCUT2D eigenvalue weighted by atomic mass is 10.2. The summed E-state index contributed by atoms with van der Waals surface area (Å²) in [4.78, 5) is 6.28. The van der Waals surface area contributed by atoms with E-state index in [9.17, 15) is 4.39 Å². The van der Waals surface area contributed by atoms with Crippen molar-refractivity contribution in [3.8, 4) is 0 Å². The van der Waals surface area contributed by atoms with E-state index in [0.29, 0.717) is 17.9 Å². The first kappa shape index (κ1) is 14.8. The number of halogens is 1. The highest BCUT2D eigenvalue weighted by Gasteiger charge is 2.09. The van der Waals surface area contributed by atoms with Crippen LogP contribution in [0.3, 0.4) is 0 Å². The molecule has 1 aromatic carbocycles. The molecule has 0 unspecified atom stereocenters. The maximum atomic E-state index is 13.2. The van der Waals surface area contributed by atoms with Gasteiger partial charge in [-0.2, -0.15) is 0 Å². The van der Waals surface area contributed by atoms with E-state index in [1.807, 2.05) is 24.9 Å². The van der Waals surface area contributed by atoms with E-state index in [4.69, 9.17) is 10.9 Å². The highest BCUT2D eigenvalue weighted by atomic mass is 19.1. The maximum Gasteiger partial charge on any atom is 0.170 e. The van der Waals surface area contributed by atoms with Gasteiger partial charge in [0.15, 0.2) is 5.84 Å². The number of aryl methyl sites for hydroxylation is 1. The molecule has 110 valence electrons. The zero-order valence-electron chi connectivity index (χ0n) is 11.9. The number of pyridine rings is 1. The van der Waals surface area contributed by atoms with Crippen molar-refractivity contribution in [2.24, 2.45) is 10.9 Å². The summed E-state index contributed by atoms with van der Waals surface area (Å²) in [6, 6.07) is 9.86. The van der Waals surface area contributed by atoms with Gasteiger partial charge in [-0.15, -0.1) is 0 Å². The molecule has 0 aliphatic carbocycles. The van der Waals surface area contributed by atoms with Crippen LogP contribution in [0.25, 0.3) is 0 Å². The number of amidine groups is 1. The smallest absolute Gasteiger partial charge is 0.170 e. The Morgan fingerprint density at radius 1 is 1.38 bits per heavy atom. The van der Waals surface area contributed by atoms with Crippen molar-refractivity contribution < 1.29 is 9.60 Å². The first-order chi connectivity index (χ1) is 9.99. The Hall–Kier alpha value is -2.63. The fourth-order valence-electron chi connectivity index (χ4n) is 2.04. The highest BCUT2D eigenvalue weighted by molar-refractivity contribution is 5.97. The van der Waals surface area contributed by atoms with Crippen LogP contribution in [-0.2, 0) is 6.54 Å². The predicted molar refractivity (Wildman–Crippen MR) is 80.0 cm³/mol. The molecule has 21 heavy (non-hydrogen) atoms. The Morgan fingerprint density at radius 2 is 2.14 bits per heavy atom. The summed E-state index contributed by atoms with van der Waals surface area (Å²) >= 11 is 0. The van der Waals surface area contributed by atoms with E-state index >= 15 is 0 Å². The number of benzene rings is 1. The topological polar surface area (TPSA) is 74.7 Å². The number of aromatic nitrogens is 1. The van der Waals surface area contributed by atoms with Gasteiger partial charge in [-0.05, 0) is 36.8 Å². The molecular formula is C15H17FN4O. The lowest BCUT2D eigenvalue weighted by Gasteiger charge is -2.19. The van der Waals surface area contributed by atoms with E-state index in [2.05, 4.69) is 10.1 Å². The molecule has 0 bridgehead atoms. The first-order valence-corrected chi connectivity index (χ1v) is 6.42. The number of hydrogen-bond donors (Lipinski definition) is 2. The third kappa shape index (κ3) is 3.68. The lowest BCUT2D eigenvalue weighted by Crippen LogP contribution is -2.20. The van der Waals surface area contributed by atoms with Gasteiger partial charge in [-0.3, -0.25) is 0 Å². The second-order valence-electron chi connectivity index (χ2n) is 4.83. The van der Waals surface area contributed by atoms with Gasteiger partial charge in [0, 0.05) is 24.8 Å². The largest absolute Gasteiger partial charge is 0.409 e. The predicted octanol–water partition coefficient (Wildman–Crippen LogP) is 2.26. The molecular weight excluding hydrogens is 271 g/mol. The van der Waals surface area contributed by atoms with Gasteiger partial charge >= 0.3 is 0 Å². The highest BCUT2D eigenvalue weighted by Crippen LogP contribution is 2.16. The molecule has 2 aromatic rings. The van der Waals surface area contributed by atoms with Crippen molar-refractivity contribution in [2.45, 2.75) is 13.5 Å². The van der Waals surface area contributed by atoms with Gasteiger partial charge in [0.1, 0.15) is 11.6 Å². The molecule has 0 amide bonds. The van der Waals surface area contributed by atoms with Crippen LogP contribution in [0.15, 0.2) is 41.6 Å². The van der Waals surface area contributed by atoms with Crippen LogP contribution >= 0.6 is 0 Å². The Morgan fingerprint density at radius 3 is 2.81 bits per heavy atom. The Labute approximate surface area is 122 Å². The van der Waals surface area contributed by atoms with E-state index < -0.39 is 0 Å². The Kier molecular flexibility index (Phi) is 4.37. The standard InChI is InChI=1S/C15H17FN4O/c1-10-6-12(15(17)19-21)8-14(18-10)20(2)9-11-4-3-5-13(16)7-11/h3-8,21H,9H2,1-2H3,(H2,17,19). The molecule has 0 aliphatic heterocycles. The van der Waals surface area contributed by atoms with Gasteiger partial charge in [-0.1, -0.05) is 17.3 Å². The third-order valence-electron chi connectivity index (χ3n) is 3.04. The average Bonchev–Trinajstić information content (AvgIpc) is 2.45. The molecule has 0 atom stereocenters. The van der Waals surface area contributed by atoms with Crippen LogP contribution in [0.1, 0.15) is 16.8 Å². The van der Waals surface area contributed by atoms with Crippen molar-refractivity contribution in [3.05, 3.63) is 59.0 Å². The summed E-state index contributed by atoms with van der Waals surface area (Å²) in [6.45, 7) is 2.33. The van der Waals surface area contributed by atoms with E-state index in [0.717, 1.165) is 11.3 Å². The fraction of sp³-hybridized carbons (Fsp3) is 0.200. The first-order valence-electron chi connectivity index (χ1n) is 6.42. The lowest BCUT2D eigenvalue weighted by molar-refractivity contribution is 0.318. The summed E-state index contributed by atoms with van der Waals surface area (Å²) in [5, 5.41) is 11.8. The molecule has 0 fully saturated rings. The molecule has 0 aliphatic rings. The monoisotopic (exact) mass is 288 g/mol. The zero-order valence-corrected chi connectivity index (χ0v) is 11.9. The second-order valence-corrected chi connectivity index (χ2v) is 4.83. The van der Waals surface area contributed by atoms with Crippen molar-refractivity contribution in [1.82, 2.24) is 4.98 Å². The number of rotatable bonds is 4. The van der Waals surface area contributed by atoms with Crippen LogP contribution in [-0.4, -0.2) is 23.1 Å². The summed E-state index contributed by atoms with van der Waals surface area (Å²) in [7, 11) is 1.85. The minimum Gasteiger partial charge on any atom is -0.409 e. The van der Waals surface area contributed by atoms with Crippen LogP contribution in [0.4, 0.5) is 10.2 Å². The van der Waals surface area contributed by atoms with Crippen LogP contribution in [0.2, 0.25) is 0 Å². The van der Waals surface area contributed by atoms with Gasteiger partial charge < -0.3 is 15.8 Å². The van der Waals surface area contributed by atoms with E-state index in [1.165, 1.54) is 12.1 Å². The van der Waals surface area contributed by atoms with Crippen molar-refractivity contribution in [2.75, 3.05) is 11.9 Å². The summed E-state index contributed by atoms with van der Waals surface area (Å²) < 4.78 is 13.2. The molecule has 1 heterocycles. The third-order valence-corrected chi connectivity index (χ3v) is 3.04. The molecule has 2 rings (SSSR count). The molecule has 0 saturated carbocycles. The van der Waals surface area contributed by atoms with E-state index in [1.54, 1.807) is 18.2 Å². The summed E-state index contributed by atoms with van der Waals surface area (Å²) in [5.41, 5.74) is 7.79. The molecule has 6 heteroatoms. The number of oxime groups is 1. The van der Waals surface area contributed by atoms with Gasteiger partial charge in [0.2, 0.25) is 0 Å². The van der Waals surface area contributed by atoms with E-state index in [-0.39, 0.29) is 11.7 Å². The number of nitrogens with two attached hydrogens (primary N) is 1.